The summed E-state index contributed by atoms with van der Waals surface area (Å²) in [6.07, 6.45) is -1.07. The van der Waals surface area contributed by atoms with E-state index in [9.17, 15) is 28.5 Å². The molecule has 0 amide bonds. The summed E-state index contributed by atoms with van der Waals surface area (Å²) in [6, 6.07) is 0. The Bertz CT molecular complexity index is 683. The molecule has 174 valence electrons. The molecule has 4 saturated carbocycles. The van der Waals surface area contributed by atoms with E-state index < -0.39 is 17.9 Å². The number of fused-ring (bicyclic) bond motifs is 5. The predicted octanol–water partition coefficient (Wildman–Crippen LogP) is 4.93. The van der Waals surface area contributed by atoms with Crippen LogP contribution in [0.1, 0.15) is 79.1 Å². The second-order valence-electron chi connectivity index (χ2n) is 12.1. The Morgan fingerprint density at radius 2 is 1.60 bits per heavy atom. The lowest BCUT2D eigenvalue weighted by molar-refractivity contribution is -0.299. The highest BCUT2D eigenvalue weighted by Crippen LogP contribution is 2.73. The molecule has 4 aliphatic carbocycles. The largest absolute Gasteiger partial charge is 0.417 e. The molecule has 0 aliphatic heterocycles. The lowest BCUT2D eigenvalue weighted by Gasteiger charge is -2.68. The van der Waals surface area contributed by atoms with Crippen LogP contribution in [0.3, 0.4) is 0 Å². The minimum absolute atomic E-state index is 0.0391. The molecule has 0 spiro atoms. The van der Waals surface area contributed by atoms with Crippen molar-refractivity contribution in [2.24, 2.45) is 45.8 Å². The fourth-order valence-corrected chi connectivity index (χ4v) is 9.46. The standard InChI is InChI=1S/C24H39F3O3/c1-14(13-28)16-5-6-18-21(3)8-7-15-11-23(30,24(25,26)27)10-9-20(15,2)19(21)17(29)12-22(16,18)4/h14-19,28-30H,5-13H2,1-4H3/t14-,15-,16-,17?,18+,19-,20+,21+,22-,23+/m1/s1. The van der Waals surface area contributed by atoms with Crippen LogP contribution in [0.15, 0.2) is 0 Å². The lowest BCUT2D eigenvalue weighted by atomic mass is 9.38. The molecule has 3 N–H and O–H groups in total. The molecule has 0 aromatic carbocycles. The Morgan fingerprint density at radius 3 is 2.20 bits per heavy atom. The monoisotopic (exact) mass is 432 g/mol. The van der Waals surface area contributed by atoms with Crippen molar-refractivity contribution in [2.75, 3.05) is 6.61 Å². The summed E-state index contributed by atoms with van der Waals surface area (Å²) in [5, 5.41) is 31.7. The SMILES string of the molecule is C[C@H](CO)[C@H]1CC[C@H]2[C@]3(C)CC[C@@H]4C[C@](O)(C(F)(F)F)CC[C@]4(C)[C@H]3C(O)C[C@@]21C. The molecule has 0 radical (unpaired) electrons. The van der Waals surface area contributed by atoms with Crippen LogP contribution in [0.2, 0.25) is 0 Å². The maximum Gasteiger partial charge on any atom is 0.417 e. The molecule has 4 aliphatic rings. The highest BCUT2D eigenvalue weighted by molar-refractivity contribution is 5.17. The Balaban J connectivity index is 1.68. The number of alkyl halides is 3. The summed E-state index contributed by atoms with van der Waals surface area (Å²) in [5.74, 6) is 0.716. The van der Waals surface area contributed by atoms with E-state index in [0.717, 1.165) is 19.3 Å². The van der Waals surface area contributed by atoms with E-state index in [1.54, 1.807) is 0 Å². The molecule has 0 bridgehead atoms. The van der Waals surface area contributed by atoms with E-state index in [-0.39, 0.29) is 53.4 Å². The average molecular weight is 433 g/mol. The van der Waals surface area contributed by atoms with Gasteiger partial charge in [0.15, 0.2) is 5.60 Å². The van der Waals surface area contributed by atoms with Crippen LogP contribution >= 0.6 is 0 Å². The summed E-state index contributed by atoms with van der Waals surface area (Å²) in [4.78, 5) is 0. The lowest BCUT2D eigenvalue weighted by Crippen LogP contribution is -2.65. The molecule has 3 nitrogen and oxygen atoms in total. The fraction of sp³-hybridized carbons (Fsp3) is 1.00. The zero-order valence-electron chi connectivity index (χ0n) is 18.8. The third kappa shape index (κ3) is 2.88. The molecule has 0 heterocycles. The van der Waals surface area contributed by atoms with Gasteiger partial charge in [0.2, 0.25) is 0 Å². The maximum absolute atomic E-state index is 13.6. The van der Waals surface area contributed by atoms with Crippen LogP contribution in [-0.4, -0.2) is 39.8 Å². The predicted molar refractivity (Wildman–Crippen MR) is 108 cm³/mol. The quantitative estimate of drug-likeness (QED) is 0.580. The summed E-state index contributed by atoms with van der Waals surface area (Å²) in [5.41, 5.74) is -3.13. The highest BCUT2D eigenvalue weighted by atomic mass is 19.4. The smallest absolute Gasteiger partial charge is 0.396 e. The van der Waals surface area contributed by atoms with Crippen molar-refractivity contribution in [1.82, 2.24) is 0 Å². The van der Waals surface area contributed by atoms with Gasteiger partial charge < -0.3 is 15.3 Å². The first kappa shape index (κ1) is 22.8. The van der Waals surface area contributed by atoms with Crippen molar-refractivity contribution in [2.45, 2.75) is 96.9 Å². The van der Waals surface area contributed by atoms with Gasteiger partial charge in [-0.3, -0.25) is 0 Å². The molecule has 4 rings (SSSR count). The van der Waals surface area contributed by atoms with E-state index in [1.807, 2.05) is 0 Å². The number of rotatable bonds is 2. The second kappa shape index (κ2) is 6.84. The van der Waals surface area contributed by atoms with E-state index in [1.165, 1.54) is 0 Å². The molecule has 1 unspecified atom stereocenters. The van der Waals surface area contributed by atoms with Crippen LogP contribution in [0.4, 0.5) is 13.2 Å². The third-order valence-corrected chi connectivity index (χ3v) is 10.8. The summed E-state index contributed by atoms with van der Waals surface area (Å²) < 4.78 is 40.7. The molecule has 30 heavy (non-hydrogen) atoms. The summed E-state index contributed by atoms with van der Waals surface area (Å²) >= 11 is 0. The van der Waals surface area contributed by atoms with Gasteiger partial charge >= 0.3 is 6.18 Å². The third-order valence-electron chi connectivity index (χ3n) is 10.8. The van der Waals surface area contributed by atoms with Crippen molar-refractivity contribution >= 4 is 0 Å². The zero-order valence-corrected chi connectivity index (χ0v) is 18.8. The van der Waals surface area contributed by atoms with Gasteiger partial charge in [-0.05, 0) is 97.2 Å². The van der Waals surface area contributed by atoms with Crippen molar-refractivity contribution in [3.63, 3.8) is 0 Å². The Morgan fingerprint density at radius 1 is 0.933 bits per heavy atom. The Kier molecular flexibility index (Phi) is 5.21. The van der Waals surface area contributed by atoms with Crippen LogP contribution in [0, 0.1) is 45.8 Å². The van der Waals surface area contributed by atoms with Gasteiger partial charge in [-0.1, -0.05) is 27.7 Å². The summed E-state index contributed by atoms with van der Waals surface area (Å²) in [6.45, 7) is 8.89. The first-order valence-electron chi connectivity index (χ1n) is 11.8. The molecule has 0 aromatic rings. The van der Waals surface area contributed by atoms with Crippen LogP contribution in [0.5, 0.6) is 0 Å². The van der Waals surface area contributed by atoms with Crippen molar-refractivity contribution < 1.29 is 28.5 Å². The molecular formula is C24H39F3O3. The van der Waals surface area contributed by atoms with Crippen molar-refractivity contribution in [3.8, 4) is 0 Å². The molecule has 6 heteroatoms. The van der Waals surface area contributed by atoms with Gasteiger partial charge in [-0.15, -0.1) is 0 Å². The zero-order chi connectivity index (χ0) is 22.3. The average Bonchev–Trinajstić information content (AvgIpc) is 2.98. The number of halogens is 3. The number of aliphatic hydroxyl groups is 3. The minimum atomic E-state index is -4.60. The number of hydrogen-bond acceptors (Lipinski definition) is 3. The fourth-order valence-electron chi connectivity index (χ4n) is 9.46. The molecule has 0 aromatic heterocycles. The van der Waals surface area contributed by atoms with E-state index in [0.29, 0.717) is 31.1 Å². The van der Waals surface area contributed by atoms with E-state index in [2.05, 4.69) is 27.7 Å². The molecule has 10 atom stereocenters. The summed E-state index contributed by atoms with van der Waals surface area (Å²) in [7, 11) is 0. The minimum Gasteiger partial charge on any atom is -0.396 e. The normalized spacial score (nSPS) is 54.8. The Labute approximate surface area is 178 Å². The van der Waals surface area contributed by atoms with Crippen molar-refractivity contribution in [1.29, 1.82) is 0 Å². The van der Waals surface area contributed by atoms with Gasteiger partial charge in [0.25, 0.3) is 0 Å². The van der Waals surface area contributed by atoms with Crippen molar-refractivity contribution in [3.05, 3.63) is 0 Å². The molecule has 4 fully saturated rings. The van der Waals surface area contributed by atoms with E-state index >= 15 is 0 Å². The molecular weight excluding hydrogens is 393 g/mol. The van der Waals surface area contributed by atoms with Crippen LogP contribution < -0.4 is 0 Å². The van der Waals surface area contributed by atoms with Gasteiger partial charge in [0, 0.05) is 6.61 Å². The maximum atomic E-state index is 13.6. The van der Waals surface area contributed by atoms with Crippen LogP contribution in [0.25, 0.3) is 0 Å². The highest BCUT2D eigenvalue weighted by Gasteiger charge is 2.70. The van der Waals surface area contributed by atoms with Crippen LogP contribution in [-0.2, 0) is 0 Å². The number of hydrogen-bond donors (Lipinski definition) is 3. The molecule has 0 saturated heterocycles. The van der Waals surface area contributed by atoms with E-state index in [4.69, 9.17) is 0 Å². The number of aliphatic hydroxyl groups excluding tert-OH is 2. The van der Waals surface area contributed by atoms with Gasteiger partial charge in [-0.2, -0.15) is 13.2 Å². The first-order chi connectivity index (χ1) is 13.7. The Hall–Kier alpha value is -0.330. The topological polar surface area (TPSA) is 60.7 Å². The second-order valence-corrected chi connectivity index (χ2v) is 12.1. The van der Waals surface area contributed by atoms with Gasteiger partial charge in [0.05, 0.1) is 6.10 Å². The first-order valence-corrected chi connectivity index (χ1v) is 11.8. The van der Waals surface area contributed by atoms with Gasteiger partial charge in [0.1, 0.15) is 0 Å². The van der Waals surface area contributed by atoms with Gasteiger partial charge in [-0.25, -0.2) is 0 Å².